The molecule has 0 saturated heterocycles. The molecule has 0 aliphatic heterocycles. The van der Waals surface area contributed by atoms with Crippen molar-refractivity contribution in [2.45, 2.75) is 6.42 Å². The van der Waals surface area contributed by atoms with Crippen molar-refractivity contribution < 1.29 is 19.4 Å². The van der Waals surface area contributed by atoms with E-state index in [9.17, 15) is 4.79 Å². The molecule has 0 heterocycles. The van der Waals surface area contributed by atoms with Gasteiger partial charge in [-0.2, -0.15) is 0 Å². The van der Waals surface area contributed by atoms with Crippen molar-refractivity contribution >= 4 is 21.9 Å². The van der Waals surface area contributed by atoms with Crippen LogP contribution >= 0.6 is 15.9 Å². The van der Waals surface area contributed by atoms with Crippen LogP contribution in [0.5, 0.6) is 11.5 Å². The number of ether oxygens (including phenoxy) is 2. The molecule has 0 aromatic heterocycles. The second kappa shape index (κ2) is 7.69. The lowest BCUT2D eigenvalue weighted by atomic mass is 10.1. The highest BCUT2D eigenvalue weighted by Gasteiger charge is 2.01. The normalized spacial score (nSPS) is 10.1. The maximum Gasteiger partial charge on any atom is 0.307 e. The van der Waals surface area contributed by atoms with Gasteiger partial charge in [-0.25, -0.2) is 0 Å². The summed E-state index contributed by atoms with van der Waals surface area (Å²) in [6.45, 7) is 0.859. The average Bonchev–Trinajstić information content (AvgIpc) is 2.45. The fraction of sp³-hybridized carbons (Fsp3) is 0.188. The summed E-state index contributed by atoms with van der Waals surface area (Å²) in [5, 5.41) is 8.69. The molecule has 0 unspecified atom stereocenters. The molecular formula is C16H15BrO4. The van der Waals surface area contributed by atoms with Gasteiger partial charge in [-0.05, 0) is 35.9 Å². The molecule has 0 bridgehead atoms. The zero-order valence-corrected chi connectivity index (χ0v) is 12.9. The maximum atomic E-state index is 10.6. The minimum absolute atomic E-state index is 0.0201. The summed E-state index contributed by atoms with van der Waals surface area (Å²) in [5.41, 5.74) is 0.750. The van der Waals surface area contributed by atoms with Gasteiger partial charge >= 0.3 is 5.97 Å². The minimum Gasteiger partial charge on any atom is -0.490 e. The van der Waals surface area contributed by atoms with E-state index in [0.29, 0.717) is 19.0 Å². The van der Waals surface area contributed by atoms with Crippen LogP contribution in [0.2, 0.25) is 0 Å². The average molecular weight is 351 g/mol. The van der Waals surface area contributed by atoms with Gasteiger partial charge in [0.25, 0.3) is 0 Å². The Morgan fingerprint density at radius 1 is 1.00 bits per heavy atom. The van der Waals surface area contributed by atoms with Crippen LogP contribution in [-0.2, 0) is 11.2 Å². The Morgan fingerprint density at radius 3 is 2.29 bits per heavy atom. The van der Waals surface area contributed by atoms with Crippen molar-refractivity contribution in [2.75, 3.05) is 13.2 Å². The number of carbonyl (C=O) groups is 1. The molecule has 0 spiro atoms. The molecule has 1 N–H and O–H groups in total. The van der Waals surface area contributed by atoms with Crippen LogP contribution in [0.3, 0.4) is 0 Å². The largest absolute Gasteiger partial charge is 0.490 e. The lowest BCUT2D eigenvalue weighted by Crippen LogP contribution is -2.09. The molecule has 0 radical (unpaired) electrons. The Balaban J connectivity index is 1.74. The SMILES string of the molecule is O=C(O)Cc1ccc(OCCOc2cccc(Br)c2)cc1. The van der Waals surface area contributed by atoms with Crippen LogP contribution in [-0.4, -0.2) is 24.3 Å². The molecule has 5 heteroatoms. The zero-order valence-electron chi connectivity index (χ0n) is 11.3. The molecule has 0 fully saturated rings. The summed E-state index contributed by atoms with van der Waals surface area (Å²) in [4.78, 5) is 10.6. The fourth-order valence-electron chi connectivity index (χ4n) is 1.75. The molecule has 0 aliphatic carbocycles. The van der Waals surface area contributed by atoms with Gasteiger partial charge in [0, 0.05) is 4.47 Å². The quantitative estimate of drug-likeness (QED) is 0.776. The van der Waals surface area contributed by atoms with E-state index < -0.39 is 5.97 Å². The number of halogens is 1. The monoisotopic (exact) mass is 350 g/mol. The van der Waals surface area contributed by atoms with Crippen LogP contribution in [0.15, 0.2) is 53.0 Å². The maximum absolute atomic E-state index is 10.6. The fourth-order valence-corrected chi connectivity index (χ4v) is 2.13. The Hall–Kier alpha value is -2.01. The zero-order chi connectivity index (χ0) is 15.1. The number of hydrogen-bond donors (Lipinski definition) is 1. The summed E-state index contributed by atoms with van der Waals surface area (Å²) >= 11 is 3.38. The highest BCUT2D eigenvalue weighted by atomic mass is 79.9. The van der Waals surface area contributed by atoms with E-state index in [2.05, 4.69) is 15.9 Å². The van der Waals surface area contributed by atoms with Gasteiger partial charge in [0.2, 0.25) is 0 Å². The van der Waals surface area contributed by atoms with E-state index in [1.54, 1.807) is 24.3 Å². The van der Waals surface area contributed by atoms with Gasteiger partial charge in [0.15, 0.2) is 0 Å². The highest BCUT2D eigenvalue weighted by Crippen LogP contribution is 2.18. The van der Waals surface area contributed by atoms with Crippen LogP contribution in [0.25, 0.3) is 0 Å². The molecular weight excluding hydrogens is 336 g/mol. The second-order valence-corrected chi connectivity index (χ2v) is 5.28. The Kier molecular flexibility index (Phi) is 5.63. The van der Waals surface area contributed by atoms with E-state index in [4.69, 9.17) is 14.6 Å². The van der Waals surface area contributed by atoms with Crippen LogP contribution < -0.4 is 9.47 Å². The van der Waals surface area contributed by atoms with Gasteiger partial charge in [-0.15, -0.1) is 0 Å². The van der Waals surface area contributed by atoms with E-state index in [0.717, 1.165) is 15.8 Å². The van der Waals surface area contributed by atoms with Crippen molar-refractivity contribution in [3.63, 3.8) is 0 Å². The third-order valence-electron chi connectivity index (χ3n) is 2.70. The van der Waals surface area contributed by atoms with Crippen molar-refractivity contribution in [1.82, 2.24) is 0 Å². The lowest BCUT2D eigenvalue weighted by Gasteiger charge is -2.09. The molecule has 0 atom stereocenters. The molecule has 0 aliphatic rings. The smallest absolute Gasteiger partial charge is 0.307 e. The van der Waals surface area contributed by atoms with Gasteiger partial charge in [-0.3, -0.25) is 4.79 Å². The van der Waals surface area contributed by atoms with Crippen molar-refractivity contribution in [1.29, 1.82) is 0 Å². The summed E-state index contributed by atoms with van der Waals surface area (Å²) < 4.78 is 12.1. The second-order valence-electron chi connectivity index (χ2n) is 4.37. The lowest BCUT2D eigenvalue weighted by molar-refractivity contribution is -0.136. The number of carboxylic acids is 1. The van der Waals surface area contributed by atoms with Crippen molar-refractivity contribution in [2.24, 2.45) is 0 Å². The summed E-state index contributed by atoms with van der Waals surface area (Å²) in [6, 6.07) is 14.6. The number of carboxylic acid groups (broad SMARTS) is 1. The molecule has 110 valence electrons. The van der Waals surface area contributed by atoms with Crippen LogP contribution in [0.1, 0.15) is 5.56 Å². The first-order chi connectivity index (χ1) is 10.1. The first-order valence-corrected chi connectivity index (χ1v) is 7.25. The topological polar surface area (TPSA) is 55.8 Å². The van der Waals surface area contributed by atoms with E-state index >= 15 is 0 Å². The highest BCUT2D eigenvalue weighted by molar-refractivity contribution is 9.10. The van der Waals surface area contributed by atoms with Gasteiger partial charge < -0.3 is 14.6 Å². The Labute approximate surface area is 131 Å². The van der Waals surface area contributed by atoms with Crippen LogP contribution in [0, 0.1) is 0 Å². The van der Waals surface area contributed by atoms with Crippen molar-refractivity contribution in [3.05, 3.63) is 58.6 Å². The number of rotatable bonds is 7. The first-order valence-electron chi connectivity index (χ1n) is 6.45. The van der Waals surface area contributed by atoms with Crippen molar-refractivity contribution in [3.8, 4) is 11.5 Å². The molecule has 0 saturated carbocycles. The predicted molar refractivity (Wildman–Crippen MR) is 82.9 cm³/mol. The molecule has 2 rings (SSSR count). The van der Waals surface area contributed by atoms with Gasteiger partial charge in [0.05, 0.1) is 6.42 Å². The number of benzene rings is 2. The number of hydrogen-bond acceptors (Lipinski definition) is 3. The van der Waals surface area contributed by atoms with E-state index in [1.165, 1.54) is 0 Å². The summed E-state index contributed by atoms with van der Waals surface area (Å²) in [5.74, 6) is 0.637. The van der Waals surface area contributed by atoms with E-state index in [-0.39, 0.29) is 6.42 Å². The number of aliphatic carboxylic acids is 1. The summed E-state index contributed by atoms with van der Waals surface area (Å²) in [6.07, 6.45) is 0.0201. The first kappa shape index (κ1) is 15.4. The third kappa shape index (κ3) is 5.47. The molecule has 2 aromatic rings. The van der Waals surface area contributed by atoms with E-state index in [1.807, 2.05) is 24.3 Å². The van der Waals surface area contributed by atoms with Crippen LogP contribution in [0.4, 0.5) is 0 Å². The Morgan fingerprint density at radius 2 is 1.67 bits per heavy atom. The standard InChI is InChI=1S/C16H15BrO4/c17-13-2-1-3-15(11-13)21-9-8-20-14-6-4-12(5-7-14)10-16(18)19/h1-7,11H,8-10H2,(H,18,19). The molecule has 21 heavy (non-hydrogen) atoms. The summed E-state index contributed by atoms with van der Waals surface area (Å²) in [7, 11) is 0. The minimum atomic E-state index is -0.842. The third-order valence-corrected chi connectivity index (χ3v) is 3.19. The molecule has 2 aromatic carbocycles. The molecule has 4 nitrogen and oxygen atoms in total. The molecule has 0 amide bonds. The van der Waals surface area contributed by atoms with Gasteiger partial charge in [0.1, 0.15) is 24.7 Å². The predicted octanol–water partition coefficient (Wildman–Crippen LogP) is 3.53. The Bertz CT molecular complexity index is 595. The van der Waals surface area contributed by atoms with Gasteiger partial charge in [-0.1, -0.05) is 34.1 Å².